The van der Waals surface area contributed by atoms with E-state index in [-0.39, 0.29) is 5.41 Å². The molecule has 3 rings (SSSR count). The van der Waals surface area contributed by atoms with Crippen molar-refractivity contribution in [3.63, 3.8) is 0 Å². The third kappa shape index (κ3) is 4.91. The predicted octanol–water partition coefficient (Wildman–Crippen LogP) is 5.33. The molecule has 2 aromatic carbocycles. The highest BCUT2D eigenvalue weighted by atomic mass is 16.4. The maximum absolute atomic E-state index is 11.5. The highest BCUT2D eigenvalue weighted by molar-refractivity contribution is 5.95. The molecule has 5 heteroatoms. The van der Waals surface area contributed by atoms with E-state index in [9.17, 15) is 9.90 Å². The summed E-state index contributed by atoms with van der Waals surface area (Å²) in [6.07, 6.45) is 3.11. The molecule has 0 atom stereocenters. The number of carboxylic acid groups (broad SMARTS) is 1. The number of rotatable bonds is 7. The molecule has 0 saturated heterocycles. The number of hydrogen-bond acceptors (Lipinski definition) is 3. The van der Waals surface area contributed by atoms with E-state index in [4.69, 9.17) is 10.1 Å². The molecular formula is C24H29N3O2. The molecule has 0 bridgehead atoms. The van der Waals surface area contributed by atoms with Crippen LogP contribution in [0.1, 0.15) is 68.1 Å². The molecule has 5 nitrogen and oxygen atoms in total. The minimum Gasteiger partial charge on any atom is -0.478 e. The topological polar surface area (TPSA) is 68.0 Å². The number of carboxylic acids is 1. The summed E-state index contributed by atoms with van der Waals surface area (Å²) in [4.78, 5) is 16.3. The van der Waals surface area contributed by atoms with E-state index < -0.39 is 5.97 Å². The van der Waals surface area contributed by atoms with Crippen LogP contribution in [-0.2, 0) is 18.4 Å². The number of unbranched alkanes of at least 4 members (excludes halogenated alkanes) is 1. The number of hydrogen-bond donors (Lipinski definition) is 1. The molecule has 0 fully saturated rings. The summed E-state index contributed by atoms with van der Waals surface area (Å²) in [7, 11) is 0. The highest BCUT2D eigenvalue weighted by Gasteiger charge is 2.23. The van der Waals surface area contributed by atoms with Gasteiger partial charge in [0.15, 0.2) is 5.82 Å². The van der Waals surface area contributed by atoms with Gasteiger partial charge in [0.2, 0.25) is 0 Å². The number of aromatic carboxylic acids is 1. The molecule has 0 aliphatic carbocycles. The minimum absolute atomic E-state index is 0.0855. The summed E-state index contributed by atoms with van der Waals surface area (Å²) < 4.78 is 2.01. The molecule has 0 amide bonds. The van der Waals surface area contributed by atoms with Crippen molar-refractivity contribution in [2.75, 3.05) is 0 Å². The van der Waals surface area contributed by atoms with E-state index in [1.54, 1.807) is 12.1 Å². The monoisotopic (exact) mass is 391 g/mol. The molecule has 0 aliphatic heterocycles. The quantitative estimate of drug-likeness (QED) is 0.591. The van der Waals surface area contributed by atoms with Crippen LogP contribution < -0.4 is 0 Å². The van der Waals surface area contributed by atoms with Gasteiger partial charge in [0.1, 0.15) is 5.82 Å². The van der Waals surface area contributed by atoms with Crippen molar-refractivity contribution in [2.45, 2.75) is 58.9 Å². The van der Waals surface area contributed by atoms with Gasteiger partial charge in [0.25, 0.3) is 0 Å². The molecule has 0 spiro atoms. The van der Waals surface area contributed by atoms with Crippen LogP contribution in [0.2, 0.25) is 0 Å². The number of carbonyl (C=O) groups is 1. The molecule has 0 unspecified atom stereocenters. The van der Waals surface area contributed by atoms with Gasteiger partial charge in [-0.25, -0.2) is 14.5 Å². The summed E-state index contributed by atoms with van der Waals surface area (Å²) in [5.41, 5.74) is 2.96. The standard InChI is InChI=1S/C24H29N3O2/c1-5-6-11-21-25-23(24(2,3)4)27(26-21)16-17-12-14-18(15-13-17)19-9-7-8-10-20(19)22(28)29/h7-10,12-15H,5-6,11,16H2,1-4H3,(H,28,29). The number of aromatic nitrogens is 3. The first-order chi connectivity index (χ1) is 13.8. The summed E-state index contributed by atoms with van der Waals surface area (Å²) >= 11 is 0. The van der Waals surface area contributed by atoms with Crippen molar-refractivity contribution in [3.8, 4) is 11.1 Å². The maximum Gasteiger partial charge on any atom is 0.336 e. The van der Waals surface area contributed by atoms with Gasteiger partial charge in [0, 0.05) is 11.8 Å². The lowest BCUT2D eigenvalue weighted by Crippen LogP contribution is -2.20. The fourth-order valence-corrected chi connectivity index (χ4v) is 3.38. The zero-order valence-electron chi connectivity index (χ0n) is 17.6. The van der Waals surface area contributed by atoms with Crippen LogP contribution >= 0.6 is 0 Å². The Labute approximate surface area is 172 Å². The Kier molecular flexibility index (Phi) is 6.16. The van der Waals surface area contributed by atoms with Gasteiger partial charge in [-0.05, 0) is 29.2 Å². The van der Waals surface area contributed by atoms with Crippen LogP contribution in [0.25, 0.3) is 11.1 Å². The summed E-state index contributed by atoms with van der Waals surface area (Å²) in [5.74, 6) is 0.981. The zero-order chi connectivity index (χ0) is 21.0. The summed E-state index contributed by atoms with van der Waals surface area (Å²) in [6, 6.07) is 15.1. The molecule has 0 aliphatic rings. The van der Waals surface area contributed by atoms with Crippen LogP contribution in [-0.4, -0.2) is 25.8 Å². The van der Waals surface area contributed by atoms with Crippen LogP contribution in [0.4, 0.5) is 0 Å². The van der Waals surface area contributed by atoms with Crippen LogP contribution in [0.15, 0.2) is 48.5 Å². The fraction of sp³-hybridized carbons (Fsp3) is 0.375. The molecule has 1 aromatic heterocycles. The third-order valence-corrected chi connectivity index (χ3v) is 4.90. The van der Waals surface area contributed by atoms with Crippen molar-refractivity contribution in [1.82, 2.24) is 14.8 Å². The smallest absolute Gasteiger partial charge is 0.336 e. The van der Waals surface area contributed by atoms with E-state index >= 15 is 0 Å². The van der Waals surface area contributed by atoms with Gasteiger partial charge in [-0.1, -0.05) is 76.6 Å². The van der Waals surface area contributed by atoms with E-state index in [0.717, 1.165) is 47.6 Å². The Morgan fingerprint density at radius 3 is 2.38 bits per heavy atom. The second-order valence-electron chi connectivity index (χ2n) is 8.41. The lowest BCUT2D eigenvalue weighted by atomic mass is 9.95. The first-order valence-electron chi connectivity index (χ1n) is 10.2. The van der Waals surface area contributed by atoms with Gasteiger partial charge in [-0.2, -0.15) is 5.10 Å². The molecule has 0 radical (unpaired) electrons. The lowest BCUT2D eigenvalue weighted by Gasteiger charge is -2.18. The molecule has 29 heavy (non-hydrogen) atoms. The second kappa shape index (κ2) is 8.60. The van der Waals surface area contributed by atoms with Crippen molar-refractivity contribution in [2.24, 2.45) is 0 Å². The van der Waals surface area contributed by atoms with E-state index in [2.05, 4.69) is 27.7 Å². The predicted molar refractivity (Wildman–Crippen MR) is 115 cm³/mol. The molecule has 0 saturated carbocycles. The number of nitrogens with zero attached hydrogens (tertiary/aromatic N) is 3. The average molecular weight is 392 g/mol. The third-order valence-electron chi connectivity index (χ3n) is 4.90. The Morgan fingerprint density at radius 2 is 1.76 bits per heavy atom. The Morgan fingerprint density at radius 1 is 1.07 bits per heavy atom. The van der Waals surface area contributed by atoms with E-state index in [1.165, 1.54) is 0 Å². The lowest BCUT2D eigenvalue weighted by molar-refractivity contribution is 0.0697. The van der Waals surface area contributed by atoms with Gasteiger partial charge in [-0.15, -0.1) is 0 Å². The Hall–Kier alpha value is -2.95. The molecule has 1 heterocycles. The van der Waals surface area contributed by atoms with Crippen LogP contribution in [0.3, 0.4) is 0 Å². The molecule has 1 N–H and O–H groups in total. The van der Waals surface area contributed by atoms with Crippen molar-refractivity contribution in [1.29, 1.82) is 0 Å². The van der Waals surface area contributed by atoms with Gasteiger partial charge in [0.05, 0.1) is 12.1 Å². The van der Waals surface area contributed by atoms with E-state index in [0.29, 0.717) is 12.1 Å². The SMILES string of the molecule is CCCCc1nc(C(C)(C)C)n(Cc2ccc(-c3ccccc3C(=O)O)cc2)n1. The van der Waals surface area contributed by atoms with Gasteiger partial charge < -0.3 is 5.11 Å². The average Bonchev–Trinajstić information content (AvgIpc) is 3.10. The first-order valence-corrected chi connectivity index (χ1v) is 10.2. The Balaban J connectivity index is 1.87. The molecule has 3 aromatic rings. The summed E-state index contributed by atoms with van der Waals surface area (Å²) in [5, 5.41) is 14.2. The second-order valence-corrected chi connectivity index (χ2v) is 8.41. The van der Waals surface area contributed by atoms with Gasteiger partial charge >= 0.3 is 5.97 Å². The van der Waals surface area contributed by atoms with Gasteiger partial charge in [-0.3, -0.25) is 0 Å². The summed E-state index contributed by atoms with van der Waals surface area (Å²) in [6.45, 7) is 9.29. The van der Waals surface area contributed by atoms with Crippen LogP contribution in [0, 0.1) is 0 Å². The normalized spacial score (nSPS) is 11.6. The largest absolute Gasteiger partial charge is 0.478 e. The number of benzene rings is 2. The van der Waals surface area contributed by atoms with Crippen molar-refractivity contribution < 1.29 is 9.90 Å². The minimum atomic E-state index is -0.915. The fourth-order valence-electron chi connectivity index (χ4n) is 3.38. The number of aryl methyl sites for hydroxylation is 1. The zero-order valence-corrected chi connectivity index (χ0v) is 17.6. The Bertz CT molecular complexity index is 982. The van der Waals surface area contributed by atoms with E-state index in [1.807, 2.05) is 41.1 Å². The van der Waals surface area contributed by atoms with Crippen LogP contribution in [0.5, 0.6) is 0 Å². The highest BCUT2D eigenvalue weighted by Crippen LogP contribution is 2.25. The maximum atomic E-state index is 11.5. The van der Waals surface area contributed by atoms with Crippen molar-refractivity contribution >= 4 is 5.97 Å². The first kappa shape index (κ1) is 20.8. The van der Waals surface area contributed by atoms with Crippen molar-refractivity contribution in [3.05, 3.63) is 71.3 Å². The molecular weight excluding hydrogens is 362 g/mol. The molecule has 152 valence electrons.